The molecule has 3 rings (SSSR count). The maximum absolute atomic E-state index is 12.8. The van der Waals surface area contributed by atoms with Crippen LogP contribution in [0.3, 0.4) is 0 Å². The van der Waals surface area contributed by atoms with Gasteiger partial charge in [0.25, 0.3) is 5.91 Å². The molecule has 0 bridgehead atoms. The molecule has 1 aromatic carbocycles. The van der Waals surface area contributed by atoms with Crippen molar-refractivity contribution < 1.29 is 23.1 Å². The molecule has 150 valence electrons. The Labute approximate surface area is 162 Å². The molecule has 2 atom stereocenters. The Kier molecular flexibility index (Phi) is 7.38. The fourth-order valence-electron chi connectivity index (χ4n) is 3.31. The summed E-state index contributed by atoms with van der Waals surface area (Å²) < 4.78 is 29.6. The first-order valence-corrected chi connectivity index (χ1v) is 8.85. The molecule has 9 heteroatoms. The van der Waals surface area contributed by atoms with Gasteiger partial charge in [-0.05, 0) is 43.7 Å². The van der Waals surface area contributed by atoms with Crippen molar-refractivity contribution in [3.05, 3.63) is 29.8 Å². The molecule has 0 aromatic heterocycles. The van der Waals surface area contributed by atoms with E-state index < -0.39 is 18.6 Å². The number of para-hydroxylation sites is 1. The van der Waals surface area contributed by atoms with Crippen LogP contribution >= 0.6 is 12.4 Å². The van der Waals surface area contributed by atoms with Gasteiger partial charge in [0.05, 0.1) is 5.56 Å². The molecule has 1 saturated heterocycles. The number of carbonyl (C=O) groups is 2. The summed E-state index contributed by atoms with van der Waals surface area (Å²) in [6.45, 7) is -2.24. The van der Waals surface area contributed by atoms with Crippen LogP contribution in [0.15, 0.2) is 24.3 Å². The predicted octanol–water partition coefficient (Wildman–Crippen LogP) is 2.17. The molecule has 0 radical (unpaired) electrons. The number of nitrogens with two attached hydrogens (primary N) is 1. The van der Waals surface area contributed by atoms with Crippen molar-refractivity contribution in [2.24, 2.45) is 11.7 Å². The summed E-state index contributed by atoms with van der Waals surface area (Å²) in [6.07, 6.45) is 3.39. The highest BCUT2D eigenvalue weighted by atomic mass is 35.5. The van der Waals surface area contributed by atoms with Crippen LogP contribution in [0.4, 0.5) is 8.78 Å². The molecule has 1 aliphatic carbocycles. The summed E-state index contributed by atoms with van der Waals surface area (Å²) in [6, 6.07) is 5.15. The third kappa shape index (κ3) is 5.29. The number of benzene rings is 1. The van der Waals surface area contributed by atoms with Gasteiger partial charge >= 0.3 is 6.61 Å². The monoisotopic (exact) mass is 403 g/mol. The van der Waals surface area contributed by atoms with Crippen LogP contribution < -0.4 is 15.8 Å². The van der Waals surface area contributed by atoms with Crippen molar-refractivity contribution in [1.29, 1.82) is 0 Å². The normalized spacial score (nSPS) is 20.1. The molecule has 2 amide bonds. The third-order valence-corrected chi connectivity index (χ3v) is 4.89. The maximum atomic E-state index is 12.8. The number of amides is 2. The van der Waals surface area contributed by atoms with E-state index in [4.69, 9.17) is 5.73 Å². The molecule has 2 unspecified atom stereocenters. The third-order valence-electron chi connectivity index (χ3n) is 4.89. The van der Waals surface area contributed by atoms with Gasteiger partial charge in [-0.25, -0.2) is 0 Å². The number of carbonyl (C=O) groups excluding carboxylic acids is 2. The largest absolute Gasteiger partial charge is 0.434 e. The number of rotatable bonds is 7. The van der Waals surface area contributed by atoms with Gasteiger partial charge in [0.2, 0.25) is 5.91 Å². The fraction of sp³-hybridized carbons (Fsp3) is 0.556. The van der Waals surface area contributed by atoms with Gasteiger partial charge in [0.1, 0.15) is 11.8 Å². The van der Waals surface area contributed by atoms with E-state index in [-0.39, 0.29) is 35.7 Å². The Bertz CT molecular complexity index is 673. The summed E-state index contributed by atoms with van der Waals surface area (Å²) in [4.78, 5) is 26.7. The molecule has 6 nitrogen and oxygen atoms in total. The van der Waals surface area contributed by atoms with Crippen LogP contribution in [0.5, 0.6) is 5.75 Å². The van der Waals surface area contributed by atoms with E-state index in [1.165, 1.54) is 23.1 Å². The molecular formula is C18H24ClF2N3O3. The van der Waals surface area contributed by atoms with Crippen molar-refractivity contribution in [3.63, 3.8) is 0 Å². The molecule has 1 saturated carbocycles. The highest BCUT2D eigenvalue weighted by Crippen LogP contribution is 2.31. The molecule has 2 fully saturated rings. The van der Waals surface area contributed by atoms with Crippen LogP contribution in [0.1, 0.15) is 36.0 Å². The summed E-state index contributed by atoms with van der Waals surface area (Å²) in [7, 11) is 0. The van der Waals surface area contributed by atoms with E-state index in [0.717, 1.165) is 12.8 Å². The first-order valence-electron chi connectivity index (χ1n) is 8.85. The molecule has 1 aromatic rings. The zero-order valence-electron chi connectivity index (χ0n) is 14.8. The first kappa shape index (κ1) is 21.4. The number of nitrogens with one attached hydrogen (secondary N) is 1. The van der Waals surface area contributed by atoms with Crippen LogP contribution in [0.2, 0.25) is 0 Å². The topological polar surface area (TPSA) is 84.7 Å². The highest BCUT2D eigenvalue weighted by molar-refractivity contribution is 6.00. The Morgan fingerprint density at radius 1 is 1.26 bits per heavy atom. The lowest BCUT2D eigenvalue weighted by Gasteiger charge is -2.25. The average molecular weight is 404 g/mol. The van der Waals surface area contributed by atoms with Crippen LogP contribution in [0.25, 0.3) is 0 Å². The van der Waals surface area contributed by atoms with E-state index in [1.807, 2.05) is 0 Å². The van der Waals surface area contributed by atoms with Gasteiger partial charge in [-0.15, -0.1) is 12.4 Å². The van der Waals surface area contributed by atoms with Crippen LogP contribution in [-0.4, -0.2) is 48.5 Å². The smallest absolute Gasteiger partial charge is 0.387 e. The maximum Gasteiger partial charge on any atom is 0.387 e. The van der Waals surface area contributed by atoms with E-state index in [1.54, 1.807) is 6.07 Å². The zero-order chi connectivity index (χ0) is 18.7. The number of likely N-dealkylation sites (tertiary alicyclic amines) is 1. The average Bonchev–Trinajstić information content (AvgIpc) is 3.35. The standard InChI is InChI=1S/C18H23F2N3O3.ClH/c19-18(20)26-15-6-2-1-4-12(15)17(25)23-9-3-5-14(23)16(24)22-10-13(21)11-7-8-11;/h1-2,4,6,11,13-14,18H,3,5,7-10,21H2,(H,22,24);1H. The van der Waals surface area contributed by atoms with Gasteiger partial charge in [0.15, 0.2) is 0 Å². The zero-order valence-corrected chi connectivity index (χ0v) is 15.6. The predicted molar refractivity (Wildman–Crippen MR) is 98.1 cm³/mol. The summed E-state index contributed by atoms with van der Waals surface area (Å²) >= 11 is 0. The number of hydrogen-bond acceptors (Lipinski definition) is 4. The number of halogens is 3. The second kappa shape index (κ2) is 9.32. The second-order valence-electron chi connectivity index (χ2n) is 6.78. The number of ether oxygens (including phenoxy) is 1. The van der Waals surface area contributed by atoms with Crippen molar-refractivity contribution >= 4 is 24.2 Å². The van der Waals surface area contributed by atoms with Crippen molar-refractivity contribution in [2.75, 3.05) is 13.1 Å². The van der Waals surface area contributed by atoms with Gasteiger partial charge in [-0.2, -0.15) is 8.78 Å². The summed E-state index contributed by atoms with van der Waals surface area (Å²) in [5.74, 6) is -0.450. The molecule has 1 heterocycles. The van der Waals surface area contributed by atoms with E-state index in [9.17, 15) is 18.4 Å². The van der Waals surface area contributed by atoms with Crippen LogP contribution in [0, 0.1) is 5.92 Å². The fourth-order valence-corrected chi connectivity index (χ4v) is 3.31. The molecule has 2 aliphatic rings. The van der Waals surface area contributed by atoms with Gasteiger partial charge < -0.3 is 20.7 Å². The molecule has 1 aliphatic heterocycles. The Morgan fingerprint density at radius 2 is 1.96 bits per heavy atom. The number of alkyl halides is 2. The van der Waals surface area contributed by atoms with E-state index in [0.29, 0.717) is 31.8 Å². The lowest BCUT2D eigenvalue weighted by molar-refractivity contribution is -0.124. The van der Waals surface area contributed by atoms with Crippen molar-refractivity contribution in [2.45, 2.75) is 44.4 Å². The first-order chi connectivity index (χ1) is 12.5. The lowest BCUT2D eigenvalue weighted by Crippen LogP contribution is -2.49. The van der Waals surface area contributed by atoms with E-state index in [2.05, 4.69) is 10.1 Å². The van der Waals surface area contributed by atoms with E-state index >= 15 is 0 Å². The SMILES string of the molecule is Cl.NC(CNC(=O)C1CCCN1C(=O)c1ccccc1OC(F)F)C1CC1. The van der Waals surface area contributed by atoms with Gasteiger partial charge in [-0.3, -0.25) is 9.59 Å². The minimum Gasteiger partial charge on any atom is -0.434 e. The lowest BCUT2D eigenvalue weighted by atomic mass is 10.1. The highest BCUT2D eigenvalue weighted by Gasteiger charge is 2.36. The Balaban J connectivity index is 0.00000261. The summed E-state index contributed by atoms with van der Waals surface area (Å²) in [5.41, 5.74) is 6.02. The number of nitrogens with zero attached hydrogens (tertiary/aromatic N) is 1. The van der Waals surface area contributed by atoms with Gasteiger partial charge in [-0.1, -0.05) is 12.1 Å². The molecule has 27 heavy (non-hydrogen) atoms. The minimum atomic E-state index is -3.02. The Hall–Kier alpha value is -1.93. The van der Waals surface area contributed by atoms with Crippen molar-refractivity contribution in [3.8, 4) is 5.75 Å². The van der Waals surface area contributed by atoms with Crippen molar-refractivity contribution in [1.82, 2.24) is 10.2 Å². The second-order valence-corrected chi connectivity index (χ2v) is 6.78. The summed E-state index contributed by atoms with van der Waals surface area (Å²) in [5, 5.41) is 2.82. The molecule has 0 spiro atoms. The minimum absolute atomic E-state index is 0. The number of hydrogen-bond donors (Lipinski definition) is 2. The van der Waals surface area contributed by atoms with Crippen LogP contribution in [-0.2, 0) is 4.79 Å². The van der Waals surface area contributed by atoms with Gasteiger partial charge in [0, 0.05) is 19.1 Å². The Morgan fingerprint density at radius 3 is 2.63 bits per heavy atom. The quantitative estimate of drug-likeness (QED) is 0.730. The molecular weight excluding hydrogens is 380 g/mol. The molecule has 3 N–H and O–H groups in total.